The third-order valence-corrected chi connectivity index (χ3v) is 5.04. The maximum atomic E-state index is 12.8. The third kappa shape index (κ3) is 4.02. The second kappa shape index (κ2) is 6.80. The number of nitrogens with one attached hydrogen (secondary N) is 1. The van der Waals surface area contributed by atoms with Gasteiger partial charge in [0.1, 0.15) is 4.88 Å². The van der Waals surface area contributed by atoms with Gasteiger partial charge in [-0.1, -0.05) is 23.4 Å². The van der Waals surface area contributed by atoms with E-state index in [-0.39, 0.29) is 12.0 Å². The Bertz CT molecular complexity index is 976. The highest BCUT2D eigenvalue weighted by molar-refractivity contribution is 7.14. The highest BCUT2D eigenvalue weighted by Crippen LogP contribution is 2.40. The molecule has 0 radical (unpaired) electrons. The van der Waals surface area contributed by atoms with Crippen molar-refractivity contribution < 1.29 is 22.5 Å². The SMILES string of the molecule is O=C(Cc1cccc(C(F)(F)F)c1)Nc1ccsc1-c1nc(C2CC2)no1. The molecular weight excluding hydrogens is 379 g/mol. The Hall–Kier alpha value is -2.68. The van der Waals surface area contributed by atoms with Crippen molar-refractivity contribution in [2.24, 2.45) is 0 Å². The molecule has 27 heavy (non-hydrogen) atoms. The van der Waals surface area contributed by atoms with Crippen molar-refractivity contribution in [3.8, 4) is 10.8 Å². The number of hydrogen-bond acceptors (Lipinski definition) is 5. The van der Waals surface area contributed by atoms with Crippen LogP contribution < -0.4 is 5.32 Å². The molecule has 0 unspecified atom stereocenters. The highest BCUT2D eigenvalue weighted by atomic mass is 32.1. The first-order valence-corrected chi connectivity index (χ1v) is 9.15. The van der Waals surface area contributed by atoms with Crippen molar-refractivity contribution in [2.75, 3.05) is 5.32 Å². The van der Waals surface area contributed by atoms with E-state index in [9.17, 15) is 18.0 Å². The molecular formula is C18H14F3N3O2S. The molecule has 1 saturated carbocycles. The van der Waals surface area contributed by atoms with Gasteiger partial charge in [-0.15, -0.1) is 11.3 Å². The van der Waals surface area contributed by atoms with Crippen molar-refractivity contribution in [3.63, 3.8) is 0 Å². The van der Waals surface area contributed by atoms with E-state index in [0.29, 0.717) is 28.2 Å². The summed E-state index contributed by atoms with van der Waals surface area (Å²) in [5.41, 5.74) is 0.0124. The summed E-state index contributed by atoms with van der Waals surface area (Å²) in [7, 11) is 0. The summed E-state index contributed by atoms with van der Waals surface area (Å²) in [6.45, 7) is 0. The molecule has 0 spiro atoms. The second-order valence-electron chi connectivity index (χ2n) is 6.32. The molecule has 0 bridgehead atoms. The van der Waals surface area contributed by atoms with Crippen molar-refractivity contribution in [1.29, 1.82) is 0 Å². The van der Waals surface area contributed by atoms with E-state index in [1.54, 1.807) is 11.4 Å². The number of nitrogens with zero attached hydrogens (tertiary/aromatic N) is 2. The lowest BCUT2D eigenvalue weighted by atomic mass is 10.1. The number of aromatic nitrogens is 2. The monoisotopic (exact) mass is 393 g/mol. The topological polar surface area (TPSA) is 68.0 Å². The molecule has 1 fully saturated rings. The van der Waals surface area contributed by atoms with Crippen molar-refractivity contribution >= 4 is 22.9 Å². The van der Waals surface area contributed by atoms with E-state index in [1.807, 2.05) is 0 Å². The lowest BCUT2D eigenvalue weighted by Crippen LogP contribution is -2.15. The Labute approximate surface area is 156 Å². The standard InChI is InChI=1S/C18H14F3N3O2S/c19-18(20,21)12-3-1-2-10(8-12)9-14(25)22-13-6-7-27-15(13)17-23-16(24-26-17)11-4-5-11/h1-3,6-8,11H,4-5,9H2,(H,22,25). The van der Waals surface area contributed by atoms with Gasteiger partial charge in [-0.05, 0) is 35.9 Å². The molecule has 1 amide bonds. The molecule has 0 atom stereocenters. The predicted molar refractivity (Wildman–Crippen MR) is 93.4 cm³/mol. The van der Waals surface area contributed by atoms with Crippen molar-refractivity contribution in [2.45, 2.75) is 31.4 Å². The summed E-state index contributed by atoms with van der Waals surface area (Å²) < 4.78 is 43.7. The summed E-state index contributed by atoms with van der Waals surface area (Å²) >= 11 is 1.34. The van der Waals surface area contributed by atoms with E-state index in [0.717, 1.165) is 25.0 Å². The van der Waals surface area contributed by atoms with Gasteiger partial charge in [-0.25, -0.2) is 0 Å². The maximum Gasteiger partial charge on any atom is 0.416 e. The summed E-state index contributed by atoms with van der Waals surface area (Å²) in [6.07, 6.45) is -2.52. The van der Waals surface area contributed by atoms with Gasteiger partial charge >= 0.3 is 6.18 Å². The smallest absolute Gasteiger partial charge is 0.333 e. The van der Waals surface area contributed by atoms with Gasteiger partial charge < -0.3 is 9.84 Å². The minimum atomic E-state index is -4.44. The van der Waals surface area contributed by atoms with Gasteiger partial charge in [0.25, 0.3) is 5.89 Å². The molecule has 2 heterocycles. The second-order valence-corrected chi connectivity index (χ2v) is 7.23. The Morgan fingerprint density at radius 2 is 2.11 bits per heavy atom. The van der Waals surface area contributed by atoms with Gasteiger partial charge in [0.05, 0.1) is 17.7 Å². The number of thiophene rings is 1. The lowest BCUT2D eigenvalue weighted by molar-refractivity contribution is -0.137. The van der Waals surface area contributed by atoms with Gasteiger partial charge in [0.15, 0.2) is 5.82 Å². The summed E-state index contributed by atoms with van der Waals surface area (Å²) in [4.78, 5) is 17.3. The fourth-order valence-electron chi connectivity index (χ4n) is 2.65. The highest BCUT2D eigenvalue weighted by Gasteiger charge is 2.31. The van der Waals surface area contributed by atoms with Gasteiger partial charge in [0, 0.05) is 5.92 Å². The van der Waals surface area contributed by atoms with E-state index in [1.165, 1.54) is 23.5 Å². The van der Waals surface area contributed by atoms with Crippen LogP contribution in [-0.2, 0) is 17.4 Å². The first kappa shape index (κ1) is 17.7. The molecule has 5 nitrogen and oxygen atoms in total. The largest absolute Gasteiger partial charge is 0.416 e. The zero-order chi connectivity index (χ0) is 19.0. The van der Waals surface area contributed by atoms with E-state index >= 15 is 0 Å². The van der Waals surface area contributed by atoms with Gasteiger partial charge in [-0.2, -0.15) is 18.2 Å². The molecule has 1 N–H and O–H groups in total. The van der Waals surface area contributed by atoms with Crippen LogP contribution in [0.2, 0.25) is 0 Å². The zero-order valence-electron chi connectivity index (χ0n) is 13.9. The van der Waals surface area contributed by atoms with Crippen LogP contribution in [0, 0.1) is 0 Å². The number of amides is 1. The first-order chi connectivity index (χ1) is 12.9. The molecule has 4 rings (SSSR count). The molecule has 3 aromatic rings. The van der Waals surface area contributed by atoms with Crippen LogP contribution in [0.25, 0.3) is 10.8 Å². The quantitative estimate of drug-likeness (QED) is 0.671. The van der Waals surface area contributed by atoms with Gasteiger partial charge in [-0.3, -0.25) is 4.79 Å². The lowest BCUT2D eigenvalue weighted by Gasteiger charge is -2.09. The fourth-order valence-corrected chi connectivity index (χ4v) is 3.42. The van der Waals surface area contributed by atoms with E-state index in [4.69, 9.17) is 4.52 Å². The Balaban J connectivity index is 1.47. The minimum absolute atomic E-state index is 0.170. The summed E-state index contributed by atoms with van der Waals surface area (Å²) in [5.74, 6) is 0.929. The fraction of sp³-hybridized carbons (Fsp3) is 0.278. The Kier molecular flexibility index (Phi) is 4.47. The average molecular weight is 393 g/mol. The molecule has 1 aliphatic rings. The van der Waals surface area contributed by atoms with Crippen LogP contribution in [0.1, 0.15) is 35.7 Å². The molecule has 0 aliphatic heterocycles. The molecule has 2 aromatic heterocycles. The number of benzene rings is 1. The predicted octanol–water partition coefficient (Wildman–Crippen LogP) is 4.88. The Morgan fingerprint density at radius 1 is 1.30 bits per heavy atom. The Morgan fingerprint density at radius 3 is 2.85 bits per heavy atom. The third-order valence-electron chi connectivity index (χ3n) is 4.14. The average Bonchev–Trinajstić information content (AvgIpc) is 3.16. The van der Waals surface area contributed by atoms with Crippen LogP contribution in [0.15, 0.2) is 40.2 Å². The molecule has 9 heteroatoms. The van der Waals surface area contributed by atoms with Crippen LogP contribution in [0.4, 0.5) is 18.9 Å². The van der Waals surface area contributed by atoms with Crippen LogP contribution in [0.5, 0.6) is 0 Å². The molecule has 0 saturated heterocycles. The van der Waals surface area contributed by atoms with Crippen LogP contribution in [-0.4, -0.2) is 16.0 Å². The number of carbonyl (C=O) groups excluding carboxylic acids is 1. The molecule has 1 aliphatic carbocycles. The number of hydrogen-bond donors (Lipinski definition) is 1. The normalized spacial score (nSPS) is 14.3. The van der Waals surface area contributed by atoms with E-state index < -0.39 is 17.6 Å². The van der Waals surface area contributed by atoms with E-state index in [2.05, 4.69) is 15.5 Å². The number of rotatable bonds is 5. The summed E-state index contributed by atoms with van der Waals surface area (Å²) in [5, 5.41) is 8.44. The first-order valence-electron chi connectivity index (χ1n) is 8.27. The zero-order valence-corrected chi connectivity index (χ0v) is 14.7. The number of alkyl halides is 3. The number of carbonyl (C=O) groups is 1. The van der Waals surface area contributed by atoms with Crippen LogP contribution in [0.3, 0.4) is 0 Å². The molecule has 140 valence electrons. The summed E-state index contributed by atoms with van der Waals surface area (Å²) in [6, 6.07) is 6.44. The van der Waals surface area contributed by atoms with Crippen molar-refractivity contribution in [1.82, 2.24) is 10.1 Å². The van der Waals surface area contributed by atoms with Gasteiger partial charge in [0.2, 0.25) is 5.91 Å². The molecule has 1 aromatic carbocycles. The number of halogens is 3. The maximum absolute atomic E-state index is 12.8. The van der Waals surface area contributed by atoms with Crippen LogP contribution >= 0.6 is 11.3 Å². The number of anilines is 1. The minimum Gasteiger partial charge on any atom is -0.333 e. The van der Waals surface area contributed by atoms with Crippen molar-refractivity contribution in [3.05, 3.63) is 52.7 Å².